The van der Waals surface area contributed by atoms with Gasteiger partial charge in [-0.1, -0.05) is 0 Å². The van der Waals surface area contributed by atoms with Crippen LogP contribution in [0.3, 0.4) is 0 Å². The van der Waals surface area contributed by atoms with Crippen molar-refractivity contribution in [2.24, 2.45) is 5.92 Å². The zero-order valence-electron chi connectivity index (χ0n) is 13.8. The molecule has 5 rings (SSSR count). The maximum Gasteiger partial charge on any atom is 0.256 e. The molecule has 1 saturated heterocycles. The summed E-state index contributed by atoms with van der Waals surface area (Å²) in [5, 5.41) is 0. The third kappa shape index (κ3) is 2.24. The van der Waals surface area contributed by atoms with Crippen LogP contribution in [-0.4, -0.2) is 51.1 Å². The van der Waals surface area contributed by atoms with Crippen LogP contribution in [0.5, 0.6) is 0 Å². The molecule has 0 aromatic carbocycles. The fourth-order valence-corrected chi connectivity index (χ4v) is 4.02. The first-order chi connectivity index (χ1) is 11.8. The number of nitrogens with zero attached hydrogens (tertiary/aromatic N) is 3. The Balaban J connectivity index is 1.50. The molecule has 1 N–H and O–H groups in total. The van der Waals surface area contributed by atoms with Crippen molar-refractivity contribution < 1.29 is 9.53 Å². The maximum atomic E-state index is 13.3. The summed E-state index contributed by atoms with van der Waals surface area (Å²) in [6.07, 6.45) is 8.50. The Labute approximate surface area is 140 Å². The van der Waals surface area contributed by atoms with Gasteiger partial charge < -0.3 is 14.6 Å². The van der Waals surface area contributed by atoms with Crippen molar-refractivity contribution >= 4 is 17.1 Å². The van der Waals surface area contributed by atoms with Gasteiger partial charge in [-0.25, -0.2) is 9.97 Å². The quantitative estimate of drug-likeness (QED) is 0.939. The minimum absolute atomic E-state index is 0.0816. The van der Waals surface area contributed by atoms with Crippen LogP contribution in [0, 0.1) is 5.92 Å². The zero-order valence-corrected chi connectivity index (χ0v) is 13.8. The number of amides is 1. The molecule has 0 atom stereocenters. The number of nitrogens with one attached hydrogen (secondary N) is 1. The smallest absolute Gasteiger partial charge is 0.256 e. The van der Waals surface area contributed by atoms with Gasteiger partial charge in [0.2, 0.25) is 0 Å². The Morgan fingerprint density at radius 2 is 2.29 bits per heavy atom. The van der Waals surface area contributed by atoms with Crippen LogP contribution >= 0.6 is 0 Å². The van der Waals surface area contributed by atoms with E-state index < -0.39 is 0 Å². The van der Waals surface area contributed by atoms with E-state index in [9.17, 15) is 4.79 Å². The van der Waals surface area contributed by atoms with Crippen LogP contribution in [0.4, 0.5) is 0 Å². The molecule has 0 bridgehead atoms. The van der Waals surface area contributed by atoms with Gasteiger partial charge in [0.05, 0.1) is 29.8 Å². The third-order valence-electron chi connectivity index (χ3n) is 5.78. The van der Waals surface area contributed by atoms with Gasteiger partial charge in [0.1, 0.15) is 5.82 Å². The van der Waals surface area contributed by atoms with Gasteiger partial charge in [0.25, 0.3) is 5.91 Å². The fraction of sp³-hybridized carbons (Fsp3) is 0.611. The van der Waals surface area contributed by atoms with E-state index >= 15 is 0 Å². The molecule has 0 radical (unpaired) electrons. The molecule has 3 fully saturated rings. The molecule has 3 heterocycles. The van der Waals surface area contributed by atoms with E-state index in [1.54, 1.807) is 6.20 Å². The predicted octanol–water partition coefficient (Wildman–Crippen LogP) is 2.31. The fourth-order valence-electron chi connectivity index (χ4n) is 4.02. The largest absolute Gasteiger partial charge is 0.377 e. The molecule has 2 saturated carbocycles. The normalized spacial score (nSPS) is 22.8. The number of carbonyl (C=O) groups is 1. The summed E-state index contributed by atoms with van der Waals surface area (Å²) in [7, 11) is 0. The summed E-state index contributed by atoms with van der Waals surface area (Å²) >= 11 is 0. The highest BCUT2D eigenvalue weighted by molar-refractivity contribution is 6.04. The highest BCUT2D eigenvalue weighted by Crippen LogP contribution is 2.40. The van der Waals surface area contributed by atoms with Crippen LogP contribution in [0.15, 0.2) is 12.3 Å². The minimum atomic E-state index is -0.0816. The number of fused-ring (bicyclic) bond motifs is 1. The number of aromatic nitrogens is 3. The highest BCUT2D eigenvalue weighted by atomic mass is 16.5. The first-order valence-corrected chi connectivity index (χ1v) is 8.98. The summed E-state index contributed by atoms with van der Waals surface area (Å²) < 4.78 is 5.66. The standard InChI is InChI=1S/C18H22N4O2/c23-17(22-8-9-24-11-18(22)5-1-6-18)13-4-7-19-16-15(13)20-14(21-16)10-12-2-3-12/h4,7,12H,1-3,5-6,8-11H2,(H,19,20,21). The van der Waals surface area contributed by atoms with Gasteiger partial charge in [-0.05, 0) is 44.1 Å². The van der Waals surface area contributed by atoms with Gasteiger partial charge in [0, 0.05) is 19.2 Å². The van der Waals surface area contributed by atoms with Crippen molar-refractivity contribution in [1.29, 1.82) is 0 Å². The molecule has 2 aliphatic carbocycles. The molecule has 6 heteroatoms. The molecular weight excluding hydrogens is 304 g/mol. The molecular formula is C18H22N4O2. The molecule has 126 valence electrons. The Morgan fingerprint density at radius 1 is 1.42 bits per heavy atom. The number of hydrogen-bond donors (Lipinski definition) is 1. The Kier molecular flexibility index (Phi) is 3.16. The summed E-state index contributed by atoms with van der Waals surface area (Å²) in [6.45, 7) is 1.96. The van der Waals surface area contributed by atoms with E-state index in [-0.39, 0.29) is 11.4 Å². The number of aromatic amines is 1. The van der Waals surface area contributed by atoms with Crippen LogP contribution in [-0.2, 0) is 11.2 Å². The number of pyridine rings is 1. The average molecular weight is 326 g/mol. The minimum Gasteiger partial charge on any atom is -0.377 e. The zero-order chi connectivity index (χ0) is 16.1. The monoisotopic (exact) mass is 326 g/mol. The molecule has 1 spiro atoms. The van der Waals surface area contributed by atoms with Crippen LogP contribution < -0.4 is 0 Å². The van der Waals surface area contributed by atoms with Gasteiger partial charge in [-0.3, -0.25) is 4.79 Å². The topological polar surface area (TPSA) is 71.1 Å². The Morgan fingerprint density at radius 3 is 3.04 bits per heavy atom. The summed E-state index contributed by atoms with van der Waals surface area (Å²) in [5.41, 5.74) is 2.07. The van der Waals surface area contributed by atoms with Crippen molar-refractivity contribution in [3.05, 3.63) is 23.7 Å². The summed E-state index contributed by atoms with van der Waals surface area (Å²) in [4.78, 5) is 27.6. The van der Waals surface area contributed by atoms with Crippen molar-refractivity contribution in [3.8, 4) is 0 Å². The molecule has 6 nitrogen and oxygen atoms in total. The number of H-pyrrole nitrogens is 1. The van der Waals surface area contributed by atoms with E-state index in [1.807, 2.05) is 11.0 Å². The molecule has 24 heavy (non-hydrogen) atoms. The van der Waals surface area contributed by atoms with Crippen molar-refractivity contribution in [1.82, 2.24) is 19.9 Å². The number of hydrogen-bond acceptors (Lipinski definition) is 4. The first kappa shape index (κ1) is 14.4. The molecule has 2 aromatic rings. The Hall–Kier alpha value is -1.95. The van der Waals surface area contributed by atoms with Crippen LogP contribution in [0.2, 0.25) is 0 Å². The molecule has 3 aliphatic rings. The van der Waals surface area contributed by atoms with Crippen LogP contribution in [0.1, 0.15) is 48.3 Å². The first-order valence-electron chi connectivity index (χ1n) is 8.98. The second-order valence-electron chi connectivity index (χ2n) is 7.48. The van der Waals surface area contributed by atoms with E-state index in [0.29, 0.717) is 31.0 Å². The predicted molar refractivity (Wildman–Crippen MR) is 88.8 cm³/mol. The summed E-state index contributed by atoms with van der Waals surface area (Å²) in [6, 6.07) is 1.82. The van der Waals surface area contributed by atoms with Crippen LogP contribution in [0.25, 0.3) is 11.2 Å². The Bertz CT molecular complexity index is 791. The lowest BCUT2D eigenvalue weighted by Gasteiger charge is -2.52. The maximum absolute atomic E-state index is 13.3. The average Bonchev–Trinajstić information content (AvgIpc) is 3.28. The van der Waals surface area contributed by atoms with E-state index in [2.05, 4.69) is 15.0 Å². The number of carbonyl (C=O) groups excluding carboxylic acids is 1. The van der Waals surface area contributed by atoms with Crippen molar-refractivity contribution in [3.63, 3.8) is 0 Å². The van der Waals surface area contributed by atoms with E-state index in [1.165, 1.54) is 19.3 Å². The lowest BCUT2D eigenvalue weighted by molar-refractivity contribution is -0.0876. The molecule has 1 amide bonds. The SMILES string of the molecule is O=C(c1ccnc2nc(CC3CC3)[nH]c12)N1CCOCC12CCC2. The van der Waals surface area contributed by atoms with Gasteiger partial charge in [-0.2, -0.15) is 0 Å². The molecule has 2 aromatic heterocycles. The third-order valence-corrected chi connectivity index (χ3v) is 5.78. The summed E-state index contributed by atoms with van der Waals surface area (Å²) in [5.74, 6) is 1.80. The van der Waals surface area contributed by atoms with Gasteiger partial charge in [0.15, 0.2) is 5.65 Å². The van der Waals surface area contributed by atoms with E-state index in [4.69, 9.17) is 4.74 Å². The van der Waals surface area contributed by atoms with Crippen molar-refractivity contribution in [2.75, 3.05) is 19.8 Å². The number of morpholine rings is 1. The number of ether oxygens (including phenoxy) is 1. The second kappa shape index (κ2) is 5.28. The lowest BCUT2D eigenvalue weighted by atomic mass is 9.75. The van der Waals surface area contributed by atoms with E-state index in [0.717, 1.165) is 36.5 Å². The van der Waals surface area contributed by atoms with Gasteiger partial charge >= 0.3 is 0 Å². The van der Waals surface area contributed by atoms with Gasteiger partial charge in [-0.15, -0.1) is 0 Å². The lowest BCUT2D eigenvalue weighted by Crippen LogP contribution is -2.62. The second-order valence-corrected chi connectivity index (χ2v) is 7.48. The van der Waals surface area contributed by atoms with Crippen molar-refractivity contribution in [2.45, 2.75) is 44.1 Å². The number of rotatable bonds is 3. The molecule has 1 aliphatic heterocycles. The highest BCUT2D eigenvalue weighted by Gasteiger charge is 2.47. The molecule has 0 unspecified atom stereocenters. The number of imidazole rings is 1.